The molecule has 8 nitrogen and oxygen atoms in total. The van der Waals surface area contributed by atoms with Gasteiger partial charge in [0.2, 0.25) is 11.8 Å². The molecule has 10 heteroatoms. The number of anilines is 2. The summed E-state index contributed by atoms with van der Waals surface area (Å²) in [6.45, 7) is 1.88. The first-order chi connectivity index (χ1) is 14.8. The zero-order valence-corrected chi connectivity index (χ0v) is 16.5. The van der Waals surface area contributed by atoms with Crippen LogP contribution in [-0.2, 0) is 9.59 Å². The van der Waals surface area contributed by atoms with E-state index in [0.29, 0.717) is 32.2 Å². The van der Waals surface area contributed by atoms with Gasteiger partial charge in [-0.05, 0) is 18.2 Å². The number of carbonyl (C=O) groups excluding carboxylic acids is 2. The van der Waals surface area contributed by atoms with Gasteiger partial charge in [0.25, 0.3) is 5.69 Å². The second-order valence-corrected chi connectivity index (χ2v) is 7.59. The molecule has 0 spiro atoms. The van der Waals surface area contributed by atoms with Gasteiger partial charge in [-0.25, -0.2) is 8.78 Å². The average Bonchev–Trinajstić information content (AvgIpc) is 3.14. The number of hydrogen-bond donors (Lipinski definition) is 0. The van der Waals surface area contributed by atoms with Crippen molar-refractivity contribution < 1.29 is 23.3 Å². The van der Waals surface area contributed by atoms with Gasteiger partial charge in [-0.1, -0.05) is 6.07 Å². The van der Waals surface area contributed by atoms with Gasteiger partial charge in [0.05, 0.1) is 16.5 Å². The Morgan fingerprint density at radius 2 is 1.81 bits per heavy atom. The maximum absolute atomic E-state index is 14.1. The van der Waals surface area contributed by atoms with Crippen molar-refractivity contribution in [3.63, 3.8) is 0 Å². The van der Waals surface area contributed by atoms with Crippen molar-refractivity contribution in [2.24, 2.45) is 5.92 Å². The number of benzene rings is 2. The molecule has 2 aliphatic heterocycles. The van der Waals surface area contributed by atoms with Crippen LogP contribution >= 0.6 is 0 Å². The van der Waals surface area contributed by atoms with Gasteiger partial charge in [-0.3, -0.25) is 19.7 Å². The molecule has 162 valence electrons. The molecule has 2 amide bonds. The highest BCUT2D eigenvalue weighted by molar-refractivity contribution is 6.00. The lowest BCUT2D eigenvalue weighted by Crippen LogP contribution is -2.50. The molecule has 0 bridgehead atoms. The van der Waals surface area contributed by atoms with E-state index in [1.807, 2.05) is 4.90 Å². The summed E-state index contributed by atoms with van der Waals surface area (Å²) in [6.07, 6.45) is -0.0270. The molecule has 1 unspecified atom stereocenters. The molecule has 2 aliphatic rings. The summed E-state index contributed by atoms with van der Waals surface area (Å²) >= 11 is 0. The third kappa shape index (κ3) is 4.18. The van der Waals surface area contributed by atoms with Crippen molar-refractivity contribution in [2.75, 3.05) is 42.5 Å². The predicted molar refractivity (Wildman–Crippen MR) is 109 cm³/mol. The van der Waals surface area contributed by atoms with Crippen LogP contribution < -0.4 is 9.80 Å². The number of nitro benzene ring substituents is 1. The summed E-state index contributed by atoms with van der Waals surface area (Å²) in [5, 5.41) is 11.0. The molecule has 2 aromatic rings. The van der Waals surface area contributed by atoms with Gasteiger partial charge < -0.3 is 14.7 Å². The fourth-order valence-electron chi connectivity index (χ4n) is 4.05. The van der Waals surface area contributed by atoms with Gasteiger partial charge in [0, 0.05) is 63.0 Å². The first-order valence-electron chi connectivity index (χ1n) is 9.87. The lowest BCUT2D eigenvalue weighted by molar-refractivity contribution is -0.384. The van der Waals surface area contributed by atoms with E-state index >= 15 is 0 Å². The number of halogens is 2. The van der Waals surface area contributed by atoms with Crippen LogP contribution in [0.1, 0.15) is 6.42 Å². The Hall–Kier alpha value is -3.56. The van der Waals surface area contributed by atoms with E-state index in [1.165, 1.54) is 23.1 Å². The van der Waals surface area contributed by atoms with Crippen molar-refractivity contribution in [3.8, 4) is 0 Å². The Balaban J connectivity index is 1.38. The van der Waals surface area contributed by atoms with Crippen LogP contribution in [0, 0.1) is 27.7 Å². The van der Waals surface area contributed by atoms with Crippen molar-refractivity contribution in [3.05, 3.63) is 64.2 Å². The summed E-state index contributed by atoms with van der Waals surface area (Å²) in [7, 11) is 0. The molecular formula is C21H20F2N4O4. The summed E-state index contributed by atoms with van der Waals surface area (Å²) in [6, 6.07) is 9.33. The minimum atomic E-state index is -0.841. The van der Waals surface area contributed by atoms with Crippen LogP contribution in [0.3, 0.4) is 0 Å². The maximum Gasteiger partial charge on any atom is 0.271 e. The van der Waals surface area contributed by atoms with Gasteiger partial charge in [-0.15, -0.1) is 0 Å². The van der Waals surface area contributed by atoms with E-state index in [9.17, 15) is 28.5 Å². The third-order valence-electron chi connectivity index (χ3n) is 5.67. The van der Waals surface area contributed by atoms with Gasteiger partial charge >= 0.3 is 0 Å². The Morgan fingerprint density at radius 1 is 1.06 bits per heavy atom. The number of nitro groups is 1. The van der Waals surface area contributed by atoms with Crippen molar-refractivity contribution >= 4 is 28.9 Å². The second kappa shape index (κ2) is 8.29. The maximum atomic E-state index is 14.1. The van der Waals surface area contributed by atoms with Crippen LogP contribution in [0.5, 0.6) is 0 Å². The number of amides is 2. The highest BCUT2D eigenvalue weighted by atomic mass is 19.1. The first kappa shape index (κ1) is 20.7. The molecule has 0 aromatic heterocycles. The van der Waals surface area contributed by atoms with Crippen LogP contribution in [0.25, 0.3) is 0 Å². The normalized spacial score (nSPS) is 19.1. The number of non-ortho nitro benzene ring substituents is 1. The Kier molecular flexibility index (Phi) is 5.53. The smallest absolute Gasteiger partial charge is 0.271 e. The van der Waals surface area contributed by atoms with E-state index in [0.717, 1.165) is 11.8 Å². The predicted octanol–water partition coefficient (Wildman–Crippen LogP) is 2.57. The van der Waals surface area contributed by atoms with Gasteiger partial charge in [0.1, 0.15) is 11.6 Å². The summed E-state index contributed by atoms with van der Waals surface area (Å²) in [5.74, 6) is -2.73. The number of carbonyl (C=O) groups is 2. The average molecular weight is 430 g/mol. The summed E-state index contributed by atoms with van der Waals surface area (Å²) in [5.41, 5.74) is 0.695. The van der Waals surface area contributed by atoms with Gasteiger partial charge in [-0.2, -0.15) is 0 Å². The van der Waals surface area contributed by atoms with Crippen molar-refractivity contribution in [1.29, 1.82) is 0 Å². The Morgan fingerprint density at radius 3 is 2.48 bits per heavy atom. The summed E-state index contributed by atoms with van der Waals surface area (Å²) < 4.78 is 27.2. The van der Waals surface area contributed by atoms with Crippen LogP contribution in [0.15, 0.2) is 42.5 Å². The van der Waals surface area contributed by atoms with Crippen LogP contribution in [0.4, 0.5) is 25.8 Å². The van der Waals surface area contributed by atoms with E-state index < -0.39 is 22.5 Å². The quantitative estimate of drug-likeness (QED) is 0.550. The standard InChI is InChI=1S/C21H20F2N4O4/c22-15-4-5-19(18(23)11-15)26-13-14(10-20(26)28)21(29)25-8-6-24(7-9-25)16-2-1-3-17(12-16)27(30)31/h1-5,11-12,14H,6-10,13H2. The fraction of sp³-hybridized carbons (Fsp3) is 0.333. The SMILES string of the molecule is O=C(C1CC(=O)N(c2ccc(F)cc2F)C1)N1CCN(c2cccc([N+](=O)[O-])c2)CC1. The number of hydrogen-bond acceptors (Lipinski definition) is 5. The van der Waals surface area contributed by atoms with E-state index in [-0.39, 0.29) is 36.2 Å². The summed E-state index contributed by atoms with van der Waals surface area (Å²) in [4.78, 5) is 40.7. The molecule has 2 heterocycles. The largest absolute Gasteiger partial charge is 0.368 e. The molecule has 4 rings (SSSR count). The molecule has 2 saturated heterocycles. The first-order valence-corrected chi connectivity index (χ1v) is 9.87. The van der Waals surface area contributed by atoms with E-state index in [2.05, 4.69) is 0 Å². The molecule has 2 aromatic carbocycles. The molecule has 2 fully saturated rings. The molecule has 1 atom stereocenters. The van der Waals surface area contributed by atoms with E-state index in [4.69, 9.17) is 0 Å². The Labute approximate surface area is 176 Å². The third-order valence-corrected chi connectivity index (χ3v) is 5.67. The minimum Gasteiger partial charge on any atom is -0.368 e. The van der Waals surface area contributed by atoms with Crippen molar-refractivity contribution in [1.82, 2.24) is 4.90 Å². The van der Waals surface area contributed by atoms with Crippen molar-refractivity contribution in [2.45, 2.75) is 6.42 Å². The van der Waals surface area contributed by atoms with Crippen LogP contribution in [0.2, 0.25) is 0 Å². The highest BCUT2D eigenvalue weighted by Gasteiger charge is 2.38. The monoisotopic (exact) mass is 430 g/mol. The molecule has 0 N–H and O–H groups in total. The fourth-order valence-corrected chi connectivity index (χ4v) is 4.05. The molecular weight excluding hydrogens is 410 g/mol. The molecule has 31 heavy (non-hydrogen) atoms. The topological polar surface area (TPSA) is 87.0 Å². The second-order valence-electron chi connectivity index (χ2n) is 7.59. The number of rotatable bonds is 4. The lowest BCUT2D eigenvalue weighted by Gasteiger charge is -2.37. The minimum absolute atomic E-state index is 0.00795. The van der Waals surface area contributed by atoms with E-state index in [1.54, 1.807) is 17.0 Å². The van der Waals surface area contributed by atoms with Gasteiger partial charge in [0.15, 0.2) is 0 Å². The highest BCUT2D eigenvalue weighted by Crippen LogP contribution is 2.29. The van der Waals surface area contributed by atoms with Crippen LogP contribution in [-0.4, -0.2) is 54.4 Å². The number of nitrogens with zero attached hydrogens (tertiary/aromatic N) is 4. The molecule has 0 saturated carbocycles. The zero-order chi connectivity index (χ0) is 22.1. The lowest BCUT2D eigenvalue weighted by atomic mass is 10.1. The molecule has 0 aliphatic carbocycles. The zero-order valence-electron chi connectivity index (χ0n) is 16.5. The molecule has 0 radical (unpaired) electrons. The number of piperazine rings is 1. The Bertz CT molecular complexity index is 1040.